The fraction of sp³-hybridized carbons (Fsp3) is 1.00. The Morgan fingerprint density at radius 3 is 2.03 bits per heavy atom. The van der Waals surface area contributed by atoms with Crippen molar-refractivity contribution in [2.45, 2.75) is 89.9 Å². The molecule has 4 heteroatoms. The van der Waals surface area contributed by atoms with E-state index in [4.69, 9.17) is 11.5 Å². The first kappa shape index (κ1) is 25.1. The molecule has 4 nitrogen and oxygen atoms in total. The van der Waals surface area contributed by atoms with Crippen molar-refractivity contribution in [3.8, 4) is 0 Å². The van der Waals surface area contributed by atoms with Crippen LogP contribution in [0.5, 0.6) is 0 Å². The van der Waals surface area contributed by atoms with Crippen LogP contribution in [-0.2, 0) is 0 Å². The Labute approximate surface area is 182 Å². The van der Waals surface area contributed by atoms with Gasteiger partial charge in [0.05, 0.1) is 26.7 Å². The zero-order valence-corrected chi connectivity index (χ0v) is 19.8. The van der Waals surface area contributed by atoms with E-state index in [0.717, 1.165) is 24.9 Å². The second kappa shape index (κ2) is 14.8. The van der Waals surface area contributed by atoms with Gasteiger partial charge in [-0.2, -0.15) is 0 Å². The van der Waals surface area contributed by atoms with Crippen LogP contribution in [0, 0.1) is 11.8 Å². The highest BCUT2D eigenvalue weighted by Crippen LogP contribution is 2.30. The number of unbranched alkanes of at least 4 members (excludes halogenated alkanes) is 6. The minimum atomic E-state index is 0.861. The Morgan fingerprint density at radius 1 is 0.724 bits per heavy atom. The molecular formula is C25H53N4+. The second-order valence-corrected chi connectivity index (χ2v) is 10.5. The topological polar surface area (TPSA) is 55.3 Å². The van der Waals surface area contributed by atoms with Gasteiger partial charge in [0, 0.05) is 12.3 Å². The molecule has 0 aromatic carbocycles. The molecular weight excluding hydrogens is 356 g/mol. The molecule has 0 amide bonds. The molecule has 172 valence electrons. The molecule has 2 saturated heterocycles. The summed E-state index contributed by atoms with van der Waals surface area (Å²) in [6, 6.07) is 0. The second-order valence-electron chi connectivity index (χ2n) is 10.5. The summed E-state index contributed by atoms with van der Waals surface area (Å²) < 4.78 is 1.34. The molecule has 0 saturated carbocycles. The molecule has 4 N–H and O–H groups in total. The summed E-state index contributed by atoms with van der Waals surface area (Å²) in [6.07, 6.45) is 19.4. The third kappa shape index (κ3) is 10.6. The molecule has 2 unspecified atom stereocenters. The monoisotopic (exact) mass is 409 g/mol. The number of hydrogen-bond acceptors (Lipinski definition) is 3. The van der Waals surface area contributed by atoms with Crippen molar-refractivity contribution in [3.63, 3.8) is 0 Å². The lowest BCUT2D eigenvalue weighted by Crippen LogP contribution is -2.42. The molecule has 2 rings (SSSR count). The summed E-state index contributed by atoms with van der Waals surface area (Å²) in [6.45, 7) is 10.0. The minimum absolute atomic E-state index is 0.861. The molecule has 2 fully saturated rings. The SMILES string of the molecule is C[N+]1(CCCCCCN)CCC(CCCC2CCN(CCCCCCN)CC2)C1. The molecule has 0 spiro atoms. The Hall–Kier alpha value is -0.160. The van der Waals surface area contributed by atoms with Crippen molar-refractivity contribution in [1.29, 1.82) is 0 Å². The van der Waals surface area contributed by atoms with E-state index in [9.17, 15) is 0 Å². The van der Waals surface area contributed by atoms with Crippen molar-refractivity contribution < 1.29 is 4.48 Å². The summed E-state index contributed by atoms with van der Waals surface area (Å²) in [4.78, 5) is 2.71. The summed E-state index contributed by atoms with van der Waals surface area (Å²) >= 11 is 0. The first-order valence-electron chi connectivity index (χ1n) is 13.1. The average molecular weight is 410 g/mol. The quantitative estimate of drug-likeness (QED) is 0.294. The smallest absolute Gasteiger partial charge is 0.0815 e. The van der Waals surface area contributed by atoms with E-state index < -0.39 is 0 Å². The van der Waals surface area contributed by atoms with E-state index in [2.05, 4.69) is 11.9 Å². The van der Waals surface area contributed by atoms with Crippen LogP contribution < -0.4 is 11.5 Å². The van der Waals surface area contributed by atoms with Crippen molar-refractivity contribution in [1.82, 2.24) is 4.90 Å². The maximum atomic E-state index is 5.61. The van der Waals surface area contributed by atoms with Gasteiger partial charge >= 0.3 is 0 Å². The summed E-state index contributed by atoms with van der Waals surface area (Å²) in [7, 11) is 2.51. The number of hydrogen-bond donors (Lipinski definition) is 2. The van der Waals surface area contributed by atoms with Crippen LogP contribution >= 0.6 is 0 Å². The fourth-order valence-electron chi connectivity index (χ4n) is 5.76. The number of rotatable bonds is 16. The van der Waals surface area contributed by atoms with Crippen LogP contribution in [0.2, 0.25) is 0 Å². The van der Waals surface area contributed by atoms with Gasteiger partial charge in [-0.15, -0.1) is 0 Å². The predicted molar refractivity (Wildman–Crippen MR) is 127 cm³/mol. The number of nitrogens with two attached hydrogens (primary N) is 2. The number of piperidine rings is 1. The number of likely N-dealkylation sites (tertiary alicyclic amines) is 2. The molecule has 0 radical (unpaired) electrons. The Balaban J connectivity index is 1.47. The summed E-state index contributed by atoms with van der Waals surface area (Å²) in [5.41, 5.74) is 11.2. The van der Waals surface area contributed by atoms with Crippen LogP contribution in [0.4, 0.5) is 0 Å². The van der Waals surface area contributed by atoms with Gasteiger partial charge in [0.2, 0.25) is 0 Å². The van der Waals surface area contributed by atoms with Crippen LogP contribution in [0.25, 0.3) is 0 Å². The highest BCUT2D eigenvalue weighted by Gasteiger charge is 2.33. The zero-order valence-electron chi connectivity index (χ0n) is 19.8. The molecule has 2 aliphatic rings. The average Bonchev–Trinajstić information content (AvgIpc) is 3.10. The summed E-state index contributed by atoms with van der Waals surface area (Å²) in [5.74, 6) is 2.01. The molecule has 0 aromatic heterocycles. The van der Waals surface area contributed by atoms with E-state index in [1.807, 2.05) is 0 Å². The maximum Gasteiger partial charge on any atom is 0.0815 e. The van der Waals surface area contributed by atoms with Gasteiger partial charge in [0.15, 0.2) is 0 Å². The Kier molecular flexibility index (Phi) is 12.8. The van der Waals surface area contributed by atoms with Crippen molar-refractivity contribution >= 4 is 0 Å². The van der Waals surface area contributed by atoms with E-state index in [1.165, 1.54) is 134 Å². The lowest BCUT2D eigenvalue weighted by atomic mass is 9.89. The van der Waals surface area contributed by atoms with E-state index in [-0.39, 0.29) is 0 Å². The Morgan fingerprint density at radius 2 is 1.34 bits per heavy atom. The highest BCUT2D eigenvalue weighted by molar-refractivity contribution is 4.74. The van der Waals surface area contributed by atoms with E-state index >= 15 is 0 Å². The van der Waals surface area contributed by atoms with Gasteiger partial charge in [0.1, 0.15) is 0 Å². The zero-order chi connectivity index (χ0) is 20.8. The van der Waals surface area contributed by atoms with Crippen molar-refractivity contribution in [2.24, 2.45) is 23.3 Å². The fourth-order valence-corrected chi connectivity index (χ4v) is 5.76. The largest absolute Gasteiger partial charge is 0.330 e. The lowest BCUT2D eigenvalue weighted by Gasteiger charge is -2.32. The molecule has 0 aliphatic carbocycles. The third-order valence-corrected chi connectivity index (χ3v) is 7.79. The van der Waals surface area contributed by atoms with E-state index in [1.54, 1.807) is 0 Å². The molecule has 0 bridgehead atoms. The van der Waals surface area contributed by atoms with Crippen LogP contribution in [0.3, 0.4) is 0 Å². The van der Waals surface area contributed by atoms with Gasteiger partial charge in [-0.1, -0.05) is 32.1 Å². The molecule has 2 aliphatic heterocycles. The van der Waals surface area contributed by atoms with Crippen molar-refractivity contribution in [3.05, 3.63) is 0 Å². The molecule has 0 aromatic rings. The highest BCUT2D eigenvalue weighted by atomic mass is 15.3. The van der Waals surface area contributed by atoms with Gasteiger partial charge < -0.3 is 20.9 Å². The molecule has 29 heavy (non-hydrogen) atoms. The normalized spacial score (nSPS) is 26.4. The molecule has 2 atom stereocenters. The van der Waals surface area contributed by atoms with Gasteiger partial charge in [-0.05, 0) is 90.0 Å². The van der Waals surface area contributed by atoms with E-state index in [0.29, 0.717) is 0 Å². The standard InChI is InChI=1S/C25H53N4/c1-29(21-9-5-3-7-17-27)22-15-25(23-29)12-10-11-24-13-19-28(20-14-24)18-8-4-2-6-16-26/h24-25H,2-23,26-27H2,1H3/q+1. The minimum Gasteiger partial charge on any atom is -0.330 e. The number of nitrogens with zero attached hydrogens (tertiary/aromatic N) is 2. The van der Waals surface area contributed by atoms with Crippen molar-refractivity contribution in [2.75, 3.05) is 59.4 Å². The molecule has 2 heterocycles. The first-order chi connectivity index (χ1) is 14.1. The van der Waals surface area contributed by atoms with Gasteiger partial charge in [-0.3, -0.25) is 0 Å². The lowest BCUT2D eigenvalue weighted by molar-refractivity contribution is -0.899. The van der Waals surface area contributed by atoms with Crippen LogP contribution in [-0.4, -0.2) is 68.8 Å². The Bertz CT molecular complexity index is 394. The predicted octanol–water partition coefficient (Wildman–Crippen LogP) is 4.37. The van der Waals surface area contributed by atoms with Gasteiger partial charge in [0.25, 0.3) is 0 Å². The van der Waals surface area contributed by atoms with Crippen LogP contribution in [0.15, 0.2) is 0 Å². The third-order valence-electron chi connectivity index (χ3n) is 7.79. The van der Waals surface area contributed by atoms with Crippen LogP contribution in [0.1, 0.15) is 89.9 Å². The number of quaternary nitrogens is 1. The maximum absolute atomic E-state index is 5.61. The first-order valence-corrected chi connectivity index (χ1v) is 13.1. The summed E-state index contributed by atoms with van der Waals surface area (Å²) in [5, 5.41) is 0. The van der Waals surface area contributed by atoms with Gasteiger partial charge in [-0.25, -0.2) is 0 Å².